The Morgan fingerprint density at radius 1 is 1.21 bits per heavy atom. The number of rotatable bonds is 6. The summed E-state index contributed by atoms with van der Waals surface area (Å²) >= 11 is 1.41. The van der Waals surface area contributed by atoms with Crippen LogP contribution >= 0.6 is 11.5 Å². The highest BCUT2D eigenvalue weighted by Gasteiger charge is 2.27. The molecule has 1 aliphatic heterocycles. The fourth-order valence-corrected chi connectivity index (χ4v) is 4.03. The monoisotopic (exact) mass is 397 g/mol. The average molecular weight is 398 g/mol. The Hall–Kier alpha value is -2.65. The molecule has 1 aliphatic rings. The SMILES string of the molecule is CN(C)c1nc(CN2CCCC2Cn2nc(-c3ccncc3)ccc2=O)ns1. The van der Waals surface area contributed by atoms with E-state index in [-0.39, 0.29) is 11.6 Å². The van der Waals surface area contributed by atoms with Crippen LogP contribution in [0.2, 0.25) is 0 Å². The smallest absolute Gasteiger partial charge is 0.266 e. The molecule has 146 valence electrons. The maximum absolute atomic E-state index is 12.4. The van der Waals surface area contributed by atoms with Crippen molar-refractivity contribution in [2.75, 3.05) is 25.5 Å². The van der Waals surface area contributed by atoms with Crippen LogP contribution in [0.5, 0.6) is 0 Å². The molecule has 1 unspecified atom stereocenters. The van der Waals surface area contributed by atoms with Crippen molar-refractivity contribution in [2.24, 2.45) is 0 Å². The van der Waals surface area contributed by atoms with E-state index in [0.29, 0.717) is 13.1 Å². The van der Waals surface area contributed by atoms with Gasteiger partial charge in [0.1, 0.15) is 0 Å². The van der Waals surface area contributed by atoms with E-state index in [2.05, 4.69) is 24.3 Å². The minimum Gasteiger partial charge on any atom is -0.353 e. The van der Waals surface area contributed by atoms with Gasteiger partial charge in [-0.1, -0.05) is 0 Å². The molecule has 0 amide bonds. The molecule has 0 aromatic carbocycles. The van der Waals surface area contributed by atoms with Gasteiger partial charge in [0.05, 0.1) is 18.8 Å². The van der Waals surface area contributed by atoms with Crippen molar-refractivity contribution in [1.82, 2.24) is 29.0 Å². The van der Waals surface area contributed by atoms with E-state index in [0.717, 1.165) is 41.6 Å². The first kappa shape index (κ1) is 18.7. The van der Waals surface area contributed by atoms with Crippen molar-refractivity contribution in [3.05, 3.63) is 52.8 Å². The molecule has 1 saturated heterocycles. The van der Waals surface area contributed by atoms with Crippen LogP contribution in [-0.4, -0.2) is 55.7 Å². The molecule has 28 heavy (non-hydrogen) atoms. The van der Waals surface area contributed by atoms with Gasteiger partial charge in [-0.2, -0.15) is 9.47 Å². The molecular formula is C19H23N7OS. The van der Waals surface area contributed by atoms with Gasteiger partial charge in [0.2, 0.25) is 5.13 Å². The Labute approximate surface area is 167 Å². The molecule has 0 radical (unpaired) electrons. The topological polar surface area (TPSA) is 80.0 Å². The van der Waals surface area contributed by atoms with Crippen LogP contribution in [0, 0.1) is 0 Å². The van der Waals surface area contributed by atoms with E-state index >= 15 is 0 Å². The van der Waals surface area contributed by atoms with E-state index in [9.17, 15) is 4.79 Å². The van der Waals surface area contributed by atoms with E-state index in [1.165, 1.54) is 11.5 Å². The Balaban J connectivity index is 1.50. The summed E-state index contributed by atoms with van der Waals surface area (Å²) in [5.74, 6) is 0.839. The summed E-state index contributed by atoms with van der Waals surface area (Å²) in [6.45, 7) is 2.26. The van der Waals surface area contributed by atoms with Gasteiger partial charge in [-0.05, 0) is 37.6 Å². The van der Waals surface area contributed by atoms with E-state index in [1.807, 2.05) is 31.1 Å². The zero-order chi connectivity index (χ0) is 19.5. The molecule has 0 spiro atoms. The predicted octanol–water partition coefficient (Wildman–Crippen LogP) is 1.89. The summed E-state index contributed by atoms with van der Waals surface area (Å²) < 4.78 is 6.05. The van der Waals surface area contributed by atoms with Gasteiger partial charge in [-0.15, -0.1) is 0 Å². The fraction of sp³-hybridized carbons (Fsp3) is 0.421. The molecule has 0 N–H and O–H groups in total. The van der Waals surface area contributed by atoms with E-state index in [4.69, 9.17) is 0 Å². The third-order valence-corrected chi connectivity index (χ3v) is 5.83. The summed E-state index contributed by atoms with van der Waals surface area (Å²) in [6, 6.07) is 7.41. The second kappa shape index (κ2) is 8.15. The molecule has 1 fully saturated rings. The van der Waals surface area contributed by atoms with Crippen LogP contribution in [0.4, 0.5) is 5.13 Å². The zero-order valence-electron chi connectivity index (χ0n) is 16.0. The predicted molar refractivity (Wildman–Crippen MR) is 109 cm³/mol. The lowest BCUT2D eigenvalue weighted by Crippen LogP contribution is -2.36. The maximum Gasteiger partial charge on any atom is 0.266 e. The van der Waals surface area contributed by atoms with Gasteiger partial charge >= 0.3 is 0 Å². The molecule has 9 heteroatoms. The second-order valence-electron chi connectivity index (χ2n) is 7.13. The van der Waals surface area contributed by atoms with Gasteiger partial charge < -0.3 is 4.90 Å². The van der Waals surface area contributed by atoms with Crippen LogP contribution in [0.3, 0.4) is 0 Å². The molecule has 0 aliphatic carbocycles. The Bertz CT molecular complexity index is 985. The highest BCUT2D eigenvalue weighted by Crippen LogP contribution is 2.22. The minimum absolute atomic E-state index is 0.0775. The lowest BCUT2D eigenvalue weighted by Gasteiger charge is -2.23. The minimum atomic E-state index is -0.0775. The van der Waals surface area contributed by atoms with Gasteiger partial charge in [0.15, 0.2) is 5.82 Å². The molecule has 4 heterocycles. The highest BCUT2D eigenvalue weighted by atomic mass is 32.1. The summed E-state index contributed by atoms with van der Waals surface area (Å²) in [7, 11) is 3.94. The summed E-state index contributed by atoms with van der Waals surface area (Å²) in [5, 5.41) is 5.50. The first-order valence-corrected chi connectivity index (χ1v) is 10.1. The molecule has 4 rings (SSSR count). The highest BCUT2D eigenvalue weighted by molar-refractivity contribution is 7.09. The number of likely N-dealkylation sites (tertiary alicyclic amines) is 1. The number of hydrogen-bond donors (Lipinski definition) is 0. The Kier molecular flexibility index (Phi) is 5.45. The maximum atomic E-state index is 12.4. The van der Waals surface area contributed by atoms with Crippen molar-refractivity contribution >= 4 is 16.7 Å². The summed E-state index contributed by atoms with van der Waals surface area (Å²) in [6.07, 6.45) is 5.61. The van der Waals surface area contributed by atoms with Crippen molar-refractivity contribution in [3.63, 3.8) is 0 Å². The first-order chi connectivity index (χ1) is 13.6. The molecule has 8 nitrogen and oxygen atoms in total. The number of hydrogen-bond acceptors (Lipinski definition) is 8. The first-order valence-electron chi connectivity index (χ1n) is 9.32. The number of anilines is 1. The fourth-order valence-electron chi connectivity index (χ4n) is 3.44. The van der Waals surface area contributed by atoms with Crippen LogP contribution < -0.4 is 10.5 Å². The van der Waals surface area contributed by atoms with Gasteiger partial charge in [-0.3, -0.25) is 14.7 Å². The zero-order valence-corrected chi connectivity index (χ0v) is 16.8. The molecule has 0 saturated carbocycles. The lowest BCUT2D eigenvalue weighted by atomic mass is 10.2. The quantitative estimate of drug-likeness (QED) is 0.628. The molecule has 0 bridgehead atoms. The Morgan fingerprint density at radius 2 is 2.04 bits per heavy atom. The average Bonchev–Trinajstić information content (AvgIpc) is 3.34. The molecule has 1 atom stereocenters. The van der Waals surface area contributed by atoms with Crippen molar-refractivity contribution < 1.29 is 0 Å². The van der Waals surface area contributed by atoms with Crippen molar-refractivity contribution in [3.8, 4) is 11.3 Å². The van der Waals surface area contributed by atoms with Crippen LogP contribution in [0.25, 0.3) is 11.3 Å². The van der Waals surface area contributed by atoms with Gasteiger partial charge in [-0.25, -0.2) is 9.67 Å². The summed E-state index contributed by atoms with van der Waals surface area (Å²) in [5.41, 5.74) is 1.66. The third kappa shape index (κ3) is 4.10. The van der Waals surface area contributed by atoms with Crippen LogP contribution in [0.15, 0.2) is 41.5 Å². The van der Waals surface area contributed by atoms with Gasteiger partial charge in [0.25, 0.3) is 5.56 Å². The van der Waals surface area contributed by atoms with Crippen molar-refractivity contribution in [1.29, 1.82) is 0 Å². The Morgan fingerprint density at radius 3 is 2.79 bits per heavy atom. The van der Waals surface area contributed by atoms with Crippen molar-refractivity contribution in [2.45, 2.75) is 32.0 Å². The van der Waals surface area contributed by atoms with Crippen LogP contribution in [0.1, 0.15) is 18.7 Å². The van der Waals surface area contributed by atoms with Crippen LogP contribution in [-0.2, 0) is 13.1 Å². The largest absolute Gasteiger partial charge is 0.353 e. The van der Waals surface area contributed by atoms with E-state index in [1.54, 1.807) is 29.2 Å². The molecule has 3 aromatic rings. The second-order valence-corrected chi connectivity index (χ2v) is 7.86. The molecular weight excluding hydrogens is 374 g/mol. The number of aromatic nitrogens is 5. The van der Waals surface area contributed by atoms with Gasteiger partial charge in [0, 0.05) is 55.7 Å². The normalized spacial score (nSPS) is 17.1. The third-order valence-electron chi connectivity index (χ3n) is 4.91. The standard InChI is InChI=1S/C19H23N7OS/c1-24(2)19-21-17(23-28-19)13-25-11-3-4-15(25)12-26-18(27)6-5-16(22-26)14-7-9-20-10-8-14/h5-10,15H,3-4,11-13H2,1-2H3. The molecule has 3 aromatic heterocycles. The lowest BCUT2D eigenvalue weighted by molar-refractivity contribution is 0.213. The number of nitrogens with zero attached hydrogens (tertiary/aromatic N) is 7. The number of pyridine rings is 1. The summed E-state index contributed by atoms with van der Waals surface area (Å²) in [4.78, 5) is 25.3. The van der Waals surface area contributed by atoms with E-state index < -0.39 is 0 Å².